The second-order valence-corrected chi connectivity index (χ2v) is 6.92. The number of hydrazone groups is 1. The second-order valence-electron chi connectivity index (χ2n) is 6.92. The zero-order valence-corrected chi connectivity index (χ0v) is 16.7. The van der Waals surface area contributed by atoms with E-state index in [9.17, 15) is 9.18 Å². The van der Waals surface area contributed by atoms with Gasteiger partial charge in [0, 0.05) is 17.0 Å². The van der Waals surface area contributed by atoms with E-state index in [1.54, 1.807) is 20.3 Å². The van der Waals surface area contributed by atoms with Gasteiger partial charge in [0.05, 0.1) is 26.5 Å². The summed E-state index contributed by atoms with van der Waals surface area (Å²) in [6, 6.07) is 21.1. The molecule has 6 heteroatoms. The number of carbonyl (C=O) groups is 1. The summed E-state index contributed by atoms with van der Waals surface area (Å²) in [5.74, 6) is 0.277. The van der Waals surface area contributed by atoms with Gasteiger partial charge in [-0.15, -0.1) is 0 Å². The number of methoxy groups -OCH3 is 2. The fourth-order valence-electron chi connectivity index (χ4n) is 3.60. The minimum absolute atomic E-state index is 0.123. The highest BCUT2D eigenvalue weighted by molar-refractivity contribution is 6.08. The Morgan fingerprint density at radius 1 is 0.967 bits per heavy atom. The van der Waals surface area contributed by atoms with Gasteiger partial charge >= 0.3 is 0 Å². The molecule has 1 heterocycles. The first-order chi connectivity index (χ1) is 14.6. The lowest BCUT2D eigenvalue weighted by Crippen LogP contribution is -2.25. The molecule has 0 fully saturated rings. The van der Waals surface area contributed by atoms with Crippen molar-refractivity contribution < 1.29 is 18.7 Å². The Labute approximate surface area is 174 Å². The van der Waals surface area contributed by atoms with Gasteiger partial charge in [0.2, 0.25) is 0 Å². The maximum Gasteiger partial charge on any atom is 0.274 e. The van der Waals surface area contributed by atoms with E-state index >= 15 is 0 Å². The first kappa shape index (κ1) is 19.6. The Morgan fingerprint density at radius 3 is 2.43 bits per heavy atom. The fourth-order valence-corrected chi connectivity index (χ4v) is 3.60. The Kier molecular flexibility index (Phi) is 5.48. The third-order valence-electron chi connectivity index (χ3n) is 5.10. The minimum atomic E-state index is -0.455. The molecule has 30 heavy (non-hydrogen) atoms. The first-order valence-corrected chi connectivity index (χ1v) is 9.54. The Balaban J connectivity index is 1.75. The highest BCUT2D eigenvalue weighted by Gasteiger charge is 2.33. The molecule has 1 aliphatic heterocycles. The number of rotatable bonds is 5. The predicted molar refractivity (Wildman–Crippen MR) is 113 cm³/mol. The monoisotopic (exact) mass is 404 g/mol. The molecule has 0 saturated heterocycles. The van der Waals surface area contributed by atoms with E-state index < -0.39 is 5.82 Å². The zero-order chi connectivity index (χ0) is 21.1. The van der Waals surface area contributed by atoms with Crippen LogP contribution < -0.4 is 9.47 Å². The molecule has 4 rings (SSSR count). The zero-order valence-electron chi connectivity index (χ0n) is 16.7. The van der Waals surface area contributed by atoms with E-state index in [1.165, 1.54) is 23.2 Å². The van der Waals surface area contributed by atoms with Crippen molar-refractivity contribution >= 4 is 11.6 Å². The SMILES string of the molecule is COc1ccc(C2=NN(C(=O)c3cccc(F)c3)CC2c2ccccc2)cc1OC. The van der Waals surface area contributed by atoms with Gasteiger partial charge in [-0.2, -0.15) is 5.10 Å². The lowest BCUT2D eigenvalue weighted by atomic mass is 9.90. The van der Waals surface area contributed by atoms with Crippen LogP contribution in [0.15, 0.2) is 77.9 Å². The third kappa shape index (κ3) is 3.76. The summed E-state index contributed by atoms with van der Waals surface area (Å²) in [5, 5.41) is 6.04. The number of benzene rings is 3. The number of nitrogens with zero attached hydrogens (tertiary/aromatic N) is 2. The highest BCUT2D eigenvalue weighted by atomic mass is 19.1. The Bertz CT molecular complexity index is 1100. The molecule has 1 unspecified atom stereocenters. The largest absolute Gasteiger partial charge is 0.493 e. The van der Waals surface area contributed by atoms with Gasteiger partial charge in [0.15, 0.2) is 11.5 Å². The van der Waals surface area contributed by atoms with E-state index in [2.05, 4.69) is 5.10 Å². The van der Waals surface area contributed by atoms with Crippen LogP contribution in [0, 0.1) is 5.82 Å². The molecule has 0 aliphatic carbocycles. The van der Waals surface area contributed by atoms with E-state index in [4.69, 9.17) is 9.47 Å². The molecule has 5 nitrogen and oxygen atoms in total. The van der Waals surface area contributed by atoms with Crippen LogP contribution in [-0.4, -0.2) is 37.4 Å². The molecule has 1 atom stereocenters. The summed E-state index contributed by atoms with van der Waals surface area (Å²) in [7, 11) is 3.16. The van der Waals surface area contributed by atoms with Crippen LogP contribution in [-0.2, 0) is 0 Å². The molecule has 0 radical (unpaired) electrons. The molecule has 0 bridgehead atoms. The molecule has 0 spiro atoms. The molecule has 3 aromatic carbocycles. The Hall–Kier alpha value is -3.67. The van der Waals surface area contributed by atoms with Gasteiger partial charge in [-0.1, -0.05) is 36.4 Å². The number of halogens is 1. The quantitative estimate of drug-likeness (QED) is 0.630. The minimum Gasteiger partial charge on any atom is -0.493 e. The van der Waals surface area contributed by atoms with Crippen molar-refractivity contribution in [1.29, 1.82) is 0 Å². The van der Waals surface area contributed by atoms with E-state index in [1.807, 2.05) is 48.5 Å². The molecule has 1 amide bonds. The van der Waals surface area contributed by atoms with E-state index in [-0.39, 0.29) is 17.4 Å². The van der Waals surface area contributed by atoms with Gasteiger partial charge < -0.3 is 9.47 Å². The van der Waals surface area contributed by atoms with Gasteiger partial charge in [-0.05, 0) is 42.0 Å². The van der Waals surface area contributed by atoms with Crippen LogP contribution >= 0.6 is 0 Å². The summed E-state index contributed by atoms with van der Waals surface area (Å²) >= 11 is 0. The number of hydrogen-bond acceptors (Lipinski definition) is 4. The first-order valence-electron chi connectivity index (χ1n) is 9.54. The average Bonchev–Trinajstić information content (AvgIpc) is 3.24. The van der Waals surface area contributed by atoms with Gasteiger partial charge in [-0.3, -0.25) is 4.79 Å². The van der Waals surface area contributed by atoms with Crippen molar-refractivity contribution in [3.8, 4) is 11.5 Å². The average molecular weight is 404 g/mol. The maximum atomic E-state index is 13.6. The van der Waals surface area contributed by atoms with Crippen LogP contribution in [0.3, 0.4) is 0 Å². The fraction of sp³-hybridized carbons (Fsp3) is 0.167. The number of amides is 1. The summed E-state index contributed by atoms with van der Waals surface area (Å²) in [6.07, 6.45) is 0. The van der Waals surface area contributed by atoms with Gasteiger partial charge in [0.25, 0.3) is 5.91 Å². The lowest BCUT2D eigenvalue weighted by Gasteiger charge is -2.16. The third-order valence-corrected chi connectivity index (χ3v) is 5.10. The van der Waals surface area contributed by atoms with Crippen molar-refractivity contribution in [2.75, 3.05) is 20.8 Å². The van der Waals surface area contributed by atoms with Crippen molar-refractivity contribution in [2.24, 2.45) is 5.10 Å². The second kappa shape index (κ2) is 8.37. The molecular formula is C24H21FN2O3. The summed E-state index contributed by atoms with van der Waals surface area (Å²) < 4.78 is 24.4. The van der Waals surface area contributed by atoms with E-state index in [0.717, 1.165) is 16.8 Å². The molecule has 0 saturated carbocycles. The van der Waals surface area contributed by atoms with Crippen LogP contribution in [0.5, 0.6) is 11.5 Å². The van der Waals surface area contributed by atoms with Crippen molar-refractivity contribution in [2.45, 2.75) is 5.92 Å². The molecule has 1 aliphatic rings. The topological polar surface area (TPSA) is 51.1 Å². The van der Waals surface area contributed by atoms with Gasteiger partial charge in [0.1, 0.15) is 5.82 Å². The van der Waals surface area contributed by atoms with Crippen molar-refractivity contribution in [3.05, 3.63) is 95.3 Å². The van der Waals surface area contributed by atoms with Crippen LogP contribution in [0.2, 0.25) is 0 Å². The summed E-state index contributed by atoms with van der Waals surface area (Å²) in [6.45, 7) is 0.364. The molecule has 3 aromatic rings. The lowest BCUT2D eigenvalue weighted by molar-refractivity contribution is 0.0774. The smallest absolute Gasteiger partial charge is 0.274 e. The van der Waals surface area contributed by atoms with Crippen LogP contribution in [0.4, 0.5) is 4.39 Å². The highest BCUT2D eigenvalue weighted by Crippen LogP contribution is 2.34. The van der Waals surface area contributed by atoms with Gasteiger partial charge in [-0.25, -0.2) is 9.40 Å². The van der Waals surface area contributed by atoms with Crippen molar-refractivity contribution in [1.82, 2.24) is 5.01 Å². The standard InChI is InChI=1S/C24H21FN2O3/c1-29-21-12-11-17(14-22(21)30-2)23-20(16-7-4-3-5-8-16)15-27(26-23)24(28)18-9-6-10-19(25)13-18/h3-14,20H,15H2,1-2H3. The predicted octanol–water partition coefficient (Wildman–Crippen LogP) is 4.49. The summed E-state index contributed by atoms with van der Waals surface area (Å²) in [4.78, 5) is 13.0. The van der Waals surface area contributed by atoms with Crippen LogP contribution in [0.1, 0.15) is 27.4 Å². The maximum absolute atomic E-state index is 13.6. The molecule has 0 N–H and O–H groups in total. The van der Waals surface area contributed by atoms with E-state index in [0.29, 0.717) is 18.0 Å². The molecule has 0 aromatic heterocycles. The number of ether oxygens (including phenoxy) is 2. The van der Waals surface area contributed by atoms with Crippen LogP contribution in [0.25, 0.3) is 0 Å². The number of carbonyl (C=O) groups excluding carboxylic acids is 1. The van der Waals surface area contributed by atoms with Crippen molar-refractivity contribution in [3.63, 3.8) is 0 Å². The number of hydrogen-bond donors (Lipinski definition) is 0. The summed E-state index contributed by atoms with van der Waals surface area (Å²) in [5.41, 5.74) is 2.88. The molecule has 152 valence electrons. The normalized spacial score (nSPS) is 15.6. The molecular weight excluding hydrogens is 383 g/mol. The Morgan fingerprint density at radius 2 is 1.73 bits per heavy atom.